The van der Waals surface area contributed by atoms with Crippen LogP contribution in [0.5, 0.6) is 0 Å². The van der Waals surface area contributed by atoms with E-state index in [0.717, 1.165) is 10.6 Å². The third-order valence-electron chi connectivity index (χ3n) is 4.53. The number of urea groups is 1. The Morgan fingerprint density at radius 2 is 1.78 bits per heavy atom. The number of hydrogen-bond acceptors (Lipinski definition) is 5. The molecule has 0 aliphatic carbocycles. The molecule has 1 aliphatic rings. The molecule has 2 heterocycles. The molecule has 8 nitrogen and oxygen atoms in total. The van der Waals surface area contributed by atoms with Gasteiger partial charge in [-0.25, -0.2) is 4.79 Å². The van der Waals surface area contributed by atoms with Gasteiger partial charge < -0.3 is 5.32 Å². The van der Waals surface area contributed by atoms with Crippen LogP contribution in [0.4, 0.5) is 4.79 Å². The van der Waals surface area contributed by atoms with Crippen LogP contribution in [0.3, 0.4) is 0 Å². The summed E-state index contributed by atoms with van der Waals surface area (Å²) in [6.45, 7) is 1.62. The molecule has 4 rings (SSSR count). The normalized spacial score (nSPS) is 19.4. The maximum atomic E-state index is 13.0. The van der Waals surface area contributed by atoms with Gasteiger partial charge in [-0.05, 0) is 47.2 Å². The molecule has 1 unspecified atom stereocenters. The van der Waals surface area contributed by atoms with E-state index in [1.165, 1.54) is 4.68 Å². The summed E-state index contributed by atoms with van der Waals surface area (Å²) in [7, 11) is 0. The average molecular weight is 383 g/mol. The molecule has 0 spiro atoms. The van der Waals surface area contributed by atoms with E-state index in [4.69, 9.17) is 11.6 Å². The lowest BCUT2D eigenvalue weighted by molar-refractivity contribution is -0.131. The van der Waals surface area contributed by atoms with Crippen molar-refractivity contribution >= 4 is 23.5 Å². The van der Waals surface area contributed by atoms with Gasteiger partial charge in [-0.2, -0.15) is 4.68 Å². The topological polar surface area (TPSA) is 93.0 Å². The summed E-state index contributed by atoms with van der Waals surface area (Å²) in [6, 6.07) is 15.6. The summed E-state index contributed by atoms with van der Waals surface area (Å²) in [5.74, 6) is 0.00231. The molecule has 9 heteroatoms. The second-order valence-electron chi connectivity index (χ2n) is 6.30. The van der Waals surface area contributed by atoms with Crippen LogP contribution in [0, 0.1) is 0 Å². The van der Waals surface area contributed by atoms with Crippen molar-refractivity contribution in [1.29, 1.82) is 0 Å². The Labute approximate surface area is 159 Å². The van der Waals surface area contributed by atoms with Crippen LogP contribution in [-0.4, -0.2) is 37.0 Å². The molecule has 1 aromatic heterocycles. The van der Waals surface area contributed by atoms with Gasteiger partial charge in [0.05, 0.1) is 12.2 Å². The molecule has 0 bridgehead atoms. The summed E-state index contributed by atoms with van der Waals surface area (Å²) in [4.78, 5) is 26.6. The first kappa shape index (κ1) is 17.2. The molecule has 1 aliphatic heterocycles. The molecule has 1 N–H and O–H groups in total. The summed E-state index contributed by atoms with van der Waals surface area (Å²) < 4.78 is 1.50. The first-order chi connectivity index (χ1) is 13.0. The molecular weight excluding hydrogens is 368 g/mol. The maximum absolute atomic E-state index is 13.0. The zero-order chi connectivity index (χ0) is 19.0. The number of tetrazole rings is 1. The standard InChI is InChI=1S/C18H15ClN6O2/c1-18(12-7-9-13(19)10-8-12)16(26)24(17(27)20-18)11-15-21-22-23-25(15)14-5-3-2-4-6-14/h2-10H,11H2,1H3,(H,20,27). The van der Waals surface area contributed by atoms with E-state index in [0.29, 0.717) is 16.4 Å². The van der Waals surface area contributed by atoms with Crippen molar-refractivity contribution in [2.75, 3.05) is 0 Å². The number of hydrogen-bond donors (Lipinski definition) is 1. The van der Waals surface area contributed by atoms with E-state index in [1.807, 2.05) is 30.3 Å². The van der Waals surface area contributed by atoms with Crippen molar-refractivity contribution in [1.82, 2.24) is 30.4 Å². The van der Waals surface area contributed by atoms with Gasteiger partial charge in [-0.3, -0.25) is 9.69 Å². The molecule has 0 radical (unpaired) electrons. The fourth-order valence-corrected chi connectivity index (χ4v) is 3.16. The maximum Gasteiger partial charge on any atom is 0.325 e. The fourth-order valence-electron chi connectivity index (χ4n) is 3.03. The SMILES string of the molecule is CC1(c2ccc(Cl)cc2)NC(=O)N(Cc2nnnn2-c2ccccc2)C1=O. The molecule has 2 aromatic carbocycles. The highest BCUT2D eigenvalue weighted by Crippen LogP contribution is 2.30. The van der Waals surface area contributed by atoms with Crippen molar-refractivity contribution in [3.63, 3.8) is 0 Å². The van der Waals surface area contributed by atoms with Gasteiger partial charge in [0, 0.05) is 5.02 Å². The van der Waals surface area contributed by atoms with E-state index >= 15 is 0 Å². The summed E-state index contributed by atoms with van der Waals surface area (Å²) in [5, 5.41) is 14.9. The minimum absolute atomic E-state index is 0.0459. The lowest BCUT2D eigenvalue weighted by Gasteiger charge is -2.22. The number of amides is 3. The highest BCUT2D eigenvalue weighted by atomic mass is 35.5. The minimum atomic E-state index is -1.17. The van der Waals surface area contributed by atoms with Gasteiger partial charge in [0.1, 0.15) is 5.54 Å². The average Bonchev–Trinajstić information content (AvgIpc) is 3.22. The number of carbonyl (C=O) groups excluding carboxylic acids is 2. The van der Waals surface area contributed by atoms with Crippen LogP contribution in [0.15, 0.2) is 54.6 Å². The lowest BCUT2D eigenvalue weighted by atomic mass is 9.92. The van der Waals surface area contributed by atoms with Crippen molar-refractivity contribution < 1.29 is 9.59 Å². The van der Waals surface area contributed by atoms with Crippen LogP contribution in [0.25, 0.3) is 5.69 Å². The molecule has 27 heavy (non-hydrogen) atoms. The number of imide groups is 1. The summed E-state index contributed by atoms with van der Waals surface area (Å²) >= 11 is 5.92. The Balaban J connectivity index is 1.63. The molecule has 136 valence electrons. The molecule has 0 saturated carbocycles. The van der Waals surface area contributed by atoms with Crippen LogP contribution in [-0.2, 0) is 16.9 Å². The highest BCUT2D eigenvalue weighted by molar-refractivity contribution is 6.30. The zero-order valence-electron chi connectivity index (χ0n) is 14.3. The van der Waals surface area contributed by atoms with Gasteiger partial charge in [0.25, 0.3) is 5.91 Å². The molecule has 1 saturated heterocycles. The Kier molecular flexibility index (Phi) is 4.12. The van der Waals surface area contributed by atoms with E-state index in [-0.39, 0.29) is 12.5 Å². The molecule has 1 atom stereocenters. The number of nitrogens with zero attached hydrogens (tertiary/aromatic N) is 5. The Morgan fingerprint density at radius 1 is 1.07 bits per heavy atom. The van der Waals surface area contributed by atoms with Gasteiger partial charge in [0.2, 0.25) is 0 Å². The third kappa shape index (κ3) is 2.93. The number of carbonyl (C=O) groups is 2. The molecule has 1 fully saturated rings. The lowest BCUT2D eigenvalue weighted by Crippen LogP contribution is -2.40. The zero-order valence-corrected chi connectivity index (χ0v) is 15.1. The number of nitrogens with one attached hydrogen (secondary N) is 1. The predicted molar refractivity (Wildman–Crippen MR) is 97.0 cm³/mol. The number of para-hydroxylation sites is 1. The second kappa shape index (κ2) is 6.48. The summed E-state index contributed by atoms with van der Waals surface area (Å²) in [6.07, 6.45) is 0. The van der Waals surface area contributed by atoms with E-state index < -0.39 is 11.6 Å². The van der Waals surface area contributed by atoms with E-state index in [1.54, 1.807) is 31.2 Å². The van der Waals surface area contributed by atoms with Crippen molar-refractivity contribution in [2.45, 2.75) is 19.0 Å². The van der Waals surface area contributed by atoms with Crippen LogP contribution in [0.2, 0.25) is 5.02 Å². The molecule has 3 aromatic rings. The molecular formula is C18H15ClN6O2. The first-order valence-corrected chi connectivity index (χ1v) is 8.60. The Hall–Kier alpha value is -3.26. The van der Waals surface area contributed by atoms with Crippen LogP contribution in [0.1, 0.15) is 18.3 Å². The smallest absolute Gasteiger partial charge is 0.319 e. The van der Waals surface area contributed by atoms with Crippen LogP contribution >= 0.6 is 11.6 Å². The minimum Gasteiger partial charge on any atom is -0.319 e. The first-order valence-electron chi connectivity index (χ1n) is 8.22. The third-order valence-corrected chi connectivity index (χ3v) is 4.78. The van der Waals surface area contributed by atoms with E-state index in [2.05, 4.69) is 20.8 Å². The van der Waals surface area contributed by atoms with Crippen molar-refractivity contribution in [2.24, 2.45) is 0 Å². The molecule has 3 amide bonds. The van der Waals surface area contributed by atoms with Crippen molar-refractivity contribution in [3.8, 4) is 5.69 Å². The van der Waals surface area contributed by atoms with Gasteiger partial charge >= 0.3 is 6.03 Å². The van der Waals surface area contributed by atoms with E-state index in [9.17, 15) is 9.59 Å². The largest absolute Gasteiger partial charge is 0.325 e. The summed E-state index contributed by atoms with van der Waals surface area (Å²) in [5.41, 5.74) is 0.215. The highest BCUT2D eigenvalue weighted by Gasteiger charge is 2.49. The monoisotopic (exact) mass is 382 g/mol. The number of rotatable bonds is 4. The predicted octanol–water partition coefficient (Wildman–Crippen LogP) is 2.28. The Bertz CT molecular complexity index is 1000. The van der Waals surface area contributed by atoms with Crippen molar-refractivity contribution in [3.05, 3.63) is 71.0 Å². The fraction of sp³-hybridized carbons (Fsp3) is 0.167. The number of halogens is 1. The Morgan fingerprint density at radius 3 is 2.48 bits per heavy atom. The quantitative estimate of drug-likeness (QED) is 0.699. The van der Waals surface area contributed by atoms with Gasteiger partial charge in [-0.1, -0.05) is 41.9 Å². The number of aromatic nitrogens is 4. The van der Waals surface area contributed by atoms with Gasteiger partial charge in [-0.15, -0.1) is 5.10 Å². The van der Waals surface area contributed by atoms with Gasteiger partial charge in [0.15, 0.2) is 5.82 Å². The second-order valence-corrected chi connectivity index (χ2v) is 6.73. The van der Waals surface area contributed by atoms with Crippen LogP contribution < -0.4 is 5.32 Å². The number of benzene rings is 2.